The largest absolute Gasteiger partial charge is 0.368 e. The molecule has 0 bridgehead atoms. The minimum absolute atomic E-state index is 0.0798. The highest BCUT2D eigenvalue weighted by atomic mass is 19.2. The quantitative estimate of drug-likeness (QED) is 0.323. The van der Waals surface area contributed by atoms with Crippen LogP contribution in [0.4, 0.5) is 30.6 Å². The maximum Gasteiger partial charge on any atom is 0.253 e. The lowest BCUT2D eigenvalue weighted by molar-refractivity contribution is -0.115. The van der Waals surface area contributed by atoms with Crippen LogP contribution in [-0.4, -0.2) is 38.7 Å². The van der Waals surface area contributed by atoms with Crippen LogP contribution in [0.25, 0.3) is 0 Å². The second-order valence-corrected chi connectivity index (χ2v) is 7.75. The van der Waals surface area contributed by atoms with Crippen molar-refractivity contribution in [3.63, 3.8) is 0 Å². The van der Waals surface area contributed by atoms with E-state index in [-0.39, 0.29) is 18.0 Å². The Hall–Kier alpha value is -3.89. The number of anilines is 3. The van der Waals surface area contributed by atoms with E-state index in [1.165, 1.54) is 4.68 Å². The topological polar surface area (TPSA) is 88.0 Å². The molecule has 35 heavy (non-hydrogen) atoms. The van der Waals surface area contributed by atoms with Crippen LogP contribution < -0.4 is 15.5 Å². The number of hydrogen-bond acceptors (Lipinski definition) is 6. The molecule has 1 amide bonds. The van der Waals surface area contributed by atoms with Gasteiger partial charge in [-0.3, -0.25) is 9.48 Å². The van der Waals surface area contributed by atoms with Crippen molar-refractivity contribution in [3.8, 4) is 0 Å². The van der Waals surface area contributed by atoms with Crippen LogP contribution >= 0.6 is 0 Å². The first-order valence-electron chi connectivity index (χ1n) is 11.2. The van der Waals surface area contributed by atoms with Gasteiger partial charge in [0.1, 0.15) is 5.69 Å². The summed E-state index contributed by atoms with van der Waals surface area (Å²) in [5, 5.41) is 10.5. The lowest BCUT2D eigenvalue weighted by Crippen LogP contribution is -2.32. The summed E-state index contributed by atoms with van der Waals surface area (Å²) >= 11 is 0. The first kappa shape index (κ1) is 25.7. The second-order valence-electron chi connectivity index (χ2n) is 7.75. The third-order valence-electron chi connectivity index (χ3n) is 5.26. The highest BCUT2D eigenvalue weighted by molar-refractivity contribution is 6.06. The van der Waals surface area contributed by atoms with Gasteiger partial charge in [-0.05, 0) is 45.4 Å². The standard InChI is InChI=1S/C24H28F3N7O/c1-5-15(4)23(35)34(7-3)20-12-30-24(32-22(20)28-6-2)29-10-17-11-31-33(14-17)13-16-8-18(25)21(27)19(26)9-16/h5,8-9,11-12,14H,6-7,10,13H2,1-4H3,(H2,28,29,30,32)/b15-5-. The maximum atomic E-state index is 13.4. The van der Waals surface area contributed by atoms with Gasteiger partial charge in [0.25, 0.3) is 5.91 Å². The van der Waals surface area contributed by atoms with Gasteiger partial charge < -0.3 is 15.5 Å². The van der Waals surface area contributed by atoms with Gasteiger partial charge in [-0.2, -0.15) is 10.1 Å². The predicted molar refractivity (Wildman–Crippen MR) is 129 cm³/mol. The Kier molecular flexibility index (Phi) is 8.45. The molecule has 1 aromatic carbocycles. The molecule has 3 aromatic rings. The van der Waals surface area contributed by atoms with Crippen molar-refractivity contribution in [2.24, 2.45) is 0 Å². The molecule has 11 heteroatoms. The first-order valence-corrected chi connectivity index (χ1v) is 11.2. The van der Waals surface area contributed by atoms with E-state index in [0.29, 0.717) is 42.7 Å². The van der Waals surface area contributed by atoms with E-state index in [2.05, 4.69) is 25.7 Å². The van der Waals surface area contributed by atoms with Crippen molar-refractivity contribution in [2.75, 3.05) is 28.6 Å². The number of aromatic nitrogens is 4. The average Bonchev–Trinajstić information content (AvgIpc) is 3.29. The van der Waals surface area contributed by atoms with Gasteiger partial charge in [0.05, 0.1) is 18.9 Å². The van der Waals surface area contributed by atoms with Crippen LogP contribution in [0.15, 0.2) is 42.4 Å². The zero-order valence-electron chi connectivity index (χ0n) is 20.1. The molecular formula is C24H28F3N7O. The molecule has 186 valence electrons. The summed E-state index contributed by atoms with van der Waals surface area (Å²) in [6.07, 6.45) is 6.65. The number of carbonyl (C=O) groups excluding carboxylic acids is 1. The zero-order chi connectivity index (χ0) is 25.5. The van der Waals surface area contributed by atoms with Crippen LogP contribution in [0.2, 0.25) is 0 Å². The fourth-order valence-electron chi connectivity index (χ4n) is 3.37. The third-order valence-corrected chi connectivity index (χ3v) is 5.26. The zero-order valence-corrected chi connectivity index (χ0v) is 20.1. The SMILES string of the molecule is C/C=C(/C)C(=O)N(CC)c1cnc(NCc2cnn(Cc3cc(F)c(F)c(F)c3)c2)nc1NCC. The molecule has 0 atom stereocenters. The molecule has 0 unspecified atom stereocenters. The first-order chi connectivity index (χ1) is 16.8. The monoisotopic (exact) mass is 487 g/mol. The van der Waals surface area contributed by atoms with E-state index in [4.69, 9.17) is 0 Å². The Morgan fingerprint density at radius 1 is 1.11 bits per heavy atom. The molecule has 2 heterocycles. The average molecular weight is 488 g/mol. The van der Waals surface area contributed by atoms with Crippen molar-refractivity contribution in [1.82, 2.24) is 19.7 Å². The number of benzene rings is 1. The smallest absolute Gasteiger partial charge is 0.253 e. The fraction of sp³-hybridized carbons (Fsp3) is 0.333. The second kappa shape index (κ2) is 11.5. The molecule has 8 nitrogen and oxygen atoms in total. The number of rotatable bonds is 10. The lowest BCUT2D eigenvalue weighted by atomic mass is 10.2. The molecule has 0 spiro atoms. The van der Waals surface area contributed by atoms with Crippen molar-refractivity contribution in [3.05, 3.63) is 71.0 Å². The minimum atomic E-state index is -1.49. The molecule has 0 saturated heterocycles. The summed E-state index contributed by atoms with van der Waals surface area (Å²) in [6, 6.07) is 1.88. The Bertz CT molecular complexity index is 1200. The lowest BCUT2D eigenvalue weighted by Gasteiger charge is -2.23. The summed E-state index contributed by atoms with van der Waals surface area (Å²) in [4.78, 5) is 23.2. The van der Waals surface area contributed by atoms with Crippen LogP contribution in [0.1, 0.15) is 38.8 Å². The van der Waals surface area contributed by atoms with Crippen LogP contribution in [0.5, 0.6) is 0 Å². The Labute approximate surface area is 201 Å². The van der Waals surface area contributed by atoms with Crippen LogP contribution in [0.3, 0.4) is 0 Å². The molecule has 2 aromatic heterocycles. The van der Waals surface area contributed by atoms with Gasteiger partial charge in [0, 0.05) is 37.0 Å². The number of carbonyl (C=O) groups is 1. The van der Waals surface area contributed by atoms with Crippen molar-refractivity contribution in [1.29, 1.82) is 0 Å². The van der Waals surface area contributed by atoms with Gasteiger partial charge in [-0.15, -0.1) is 0 Å². The molecule has 2 N–H and O–H groups in total. The number of nitrogens with zero attached hydrogens (tertiary/aromatic N) is 5. The molecule has 0 radical (unpaired) electrons. The van der Waals surface area contributed by atoms with Crippen molar-refractivity contribution >= 4 is 23.4 Å². The van der Waals surface area contributed by atoms with Crippen LogP contribution in [0, 0.1) is 17.5 Å². The Morgan fingerprint density at radius 3 is 2.46 bits per heavy atom. The predicted octanol–water partition coefficient (Wildman–Crippen LogP) is 4.50. The third kappa shape index (κ3) is 6.17. The number of allylic oxidation sites excluding steroid dienone is 1. The van der Waals surface area contributed by atoms with E-state index < -0.39 is 17.5 Å². The maximum absolute atomic E-state index is 13.4. The highest BCUT2D eigenvalue weighted by Crippen LogP contribution is 2.26. The normalized spacial score (nSPS) is 11.5. The Balaban J connectivity index is 1.72. The molecule has 0 fully saturated rings. The highest BCUT2D eigenvalue weighted by Gasteiger charge is 2.20. The molecule has 0 saturated carbocycles. The van der Waals surface area contributed by atoms with Crippen molar-refractivity contribution < 1.29 is 18.0 Å². The van der Waals surface area contributed by atoms with E-state index in [1.807, 2.05) is 20.8 Å². The van der Waals surface area contributed by atoms with E-state index in [0.717, 1.165) is 17.7 Å². The minimum Gasteiger partial charge on any atom is -0.368 e. The number of likely N-dealkylation sites (N-methyl/N-ethyl adjacent to an activating group) is 1. The Morgan fingerprint density at radius 2 is 1.83 bits per heavy atom. The summed E-state index contributed by atoms with van der Waals surface area (Å²) in [6.45, 7) is 8.87. The van der Waals surface area contributed by atoms with E-state index >= 15 is 0 Å². The molecule has 0 aliphatic rings. The summed E-state index contributed by atoms with van der Waals surface area (Å²) in [7, 11) is 0. The number of nitrogens with one attached hydrogen (secondary N) is 2. The van der Waals surface area contributed by atoms with Crippen LogP contribution in [-0.2, 0) is 17.9 Å². The molecule has 3 rings (SSSR count). The van der Waals surface area contributed by atoms with Gasteiger partial charge in [-0.1, -0.05) is 6.08 Å². The number of hydrogen-bond donors (Lipinski definition) is 2. The summed E-state index contributed by atoms with van der Waals surface area (Å²) in [5.41, 5.74) is 2.23. The van der Waals surface area contributed by atoms with Gasteiger partial charge in [0.2, 0.25) is 5.95 Å². The van der Waals surface area contributed by atoms with Gasteiger partial charge in [-0.25, -0.2) is 18.2 Å². The number of halogens is 3. The summed E-state index contributed by atoms with van der Waals surface area (Å²) in [5.74, 6) is -3.21. The molecular weight excluding hydrogens is 459 g/mol. The van der Waals surface area contributed by atoms with E-state index in [9.17, 15) is 18.0 Å². The molecule has 0 aliphatic heterocycles. The molecule has 0 aliphatic carbocycles. The van der Waals surface area contributed by atoms with Crippen molar-refractivity contribution in [2.45, 2.75) is 40.8 Å². The fourth-order valence-corrected chi connectivity index (χ4v) is 3.37. The van der Waals surface area contributed by atoms with Gasteiger partial charge >= 0.3 is 0 Å². The summed E-state index contributed by atoms with van der Waals surface area (Å²) < 4.78 is 41.5. The van der Waals surface area contributed by atoms with Gasteiger partial charge in [0.15, 0.2) is 23.3 Å². The number of amides is 1. The van der Waals surface area contributed by atoms with E-state index in [1.54, 1.807) is 36.5 Å².